The van der Waals surface area contributed by atoms with Crippen LogP contribution in [-0.4, -0.2) is 33.7 Å². The van der Waals surface area contributed by atoms with E-state index in [1.807, 2.05) is 29.1 Å². The molecule has 128 valence electrons. The Morgan fingerprint density at radius 2 is 1.84 bits per heavy atom. The molecule has 1 saturated heterocycles. The van der Waals surface area contributed by atoms with Crippen molar-refractivity contribution in [1.82, 2.24) is 14.7 Å². The van der Waals surface area contributed by atoms with E-state index in [4.69, 9.17) is 5.73 Å². The summed E-state index contributed by atoms with van der Waals surface area (Å²) in [4.78, 5) is 13.7. The Kier molecular flexibility index (Phi) is 4.24. The van der Waals surface area contributed by atoms with Gasteiger partial charge in [-0.2, -0.15) is 5.10 Å². The molecule has 0 saturated carbocycles. The van der Waals surface area contributed by atoms with Crippen molar-refractivity contribution in [2.24, 2.45) is 5.73 Å². The van der Waals surface area contributed by atoms with Gasteiger partial charge in [-0.3, -0.25) is 9.69 Å². The van der Waals surface area contributed by atoms with Crippen LogP contribution in [0.3, 0.4) is 0 Å². The normalized spacial score (nSPS) is 15.0. The molecule has 2 aromatic carbocycles. The van der Waals surface area contributed by atoms with E-state index < -0.39 is 0 Å². The molecule has 2 N–H and O–H groups in total. The molecule has 1 aliphatic rings. The number of carbonyl (C=O) groups excluding carboxylic acids is 1. The van der Waals surface area contributed by atoms with Crippen molar-refractivity contribution in [1.29, 1.82) is 0 Å². The summed E-state index contributed by atoms with van der Waals surface area (Å²) in [6.07, 6.45) is 4.83. The predicted molar refractivity (Wildman–Crippen MR) is 98.5 cm³/mol. The molecule has 5 nitrogen and oxygen atoms in total. The number of aromatic nitrogens is 2. The molecule has 0 unspecified atom stereocenters. The van der Waals surface area contributed by atoms with E-state index in [2.05, 4.69) is 34.3 Å². The molecular formula is C20H22N4O. The lowest BCUT2D eigenvalue weighted by atomic mass is 10.1. The molecule has 0 atom stereocenters. The zero-order chi connectivity index (χ0) is 17.2. The lowest BCUT2D eigenvalue weighted by molar-refractivity contribution is -0.117. The average Bonchev–Trinajstić information content (AvgIpc) is 3.25. The highest BCUT2D eigenvalue weighted by Gasteiger charge is 2.12. The third kappa shape index (κ3) is 3.42. The lowest BCUT2D eigenvalue weighted by Gasteiger charge is -2.14. The second-order valence-electron chi connectivity index (χ2n) is 6.72. The first-order valence-electron chi connectivity index (χ1n) is 8.76. The van der Waals surface area contributed by atoms with Crippen molar-refractivity contribution in [3.8, 4) is 5.69 Å². The Hall–Kier alpha value is -2.66. The van der Waals surface area contributed by atoms with Crippen LogP contribution in [0, 0.1) is 0 Å². The summed E-state index contributed by atoms with van der Waals surface area (Å²) in [5, 5.41) is 5.68. The number of hydrogen-bond donors (Lipinski definition) is 1. The number of fused-ring (bicyclic) bond motifs is 1. The second-order valence-corrected chi connectivity index (χ2v) is 6.72. The van der Waals surface area contributed by atoms with Gasteiger partial charge in [-0.05, 0) is 49.2 Å². The Morgan fingerprint density at radius 3 is 2.56 bits per heavy atom. The number of nitrogens with two attached hydrogens (primary N) is 1. The van der Waals surface area contributed by atoms with Crippen LogP contribution < -0.4 is 5.73 Å². The van der Waals surface area contributed by atoms with Crippen molar-refractivity contribution in [2.75, 3.05) is 13.1 Å². The van der Waals surface area contributed by atoms with E-state index in [9.17, 15) is 4.79 Å². The van der Waals surface area contributed by atoms with Gasteiger partial charge in [0.05, 0.1) is 17.6 Å². The fourth-order valence-corrected chi connectivity index (χ4v) is 3.52. The molecule has 1 fully saturated rings. The SMILES string of the molecule is NC(=O)Cc1cccc2cn(-c3ccc(CN4CCCC4)cc3)nc12. The van der Waals surface area contributed by atoms with Crippen LogP contribution in [0.25, 0.3) is 16.6 Å². The Labute approximate surface area is 147 Å². The highest BCUT2D eigenvalue weighted by atomic mass is 16.1. The van der Waals surface area contributed by atoms with Crippen LogP contribution in [0.15, 0.2) is 48.7 Å². The molecule has 0 aliphatic carbocycles. The average molecular weight is 334 g/mol. The first-order valence-corrected chi connectivity index (χ1v) is 8.76. The molecule has 1 aliphatic heterocycles. The fraction of sp³-hybridized carbons (Fsp3) is 0.300. The van der Waals surface area contributed by atoms with Gasteiger partial charge in [0.2, 0.25) is 5.91 Å². The van der Waals surface area contributed by atoms with Crippen LogP contribution in [0.4, 0.5) is 0 Å². The minimum absolute atomic E-state index is 0.211. The van der Waals surface area contributed by atoms with Crippen LogP contribution >= 0.6 is 0 Å². The molecule has 3 aromatic rings. The van der Waals surface area contributed by atoms with Crippen molar-refractivity contribution in [3.63, 3.8) is 0 Å². The molecule has 1 amide bonds. The van der Waals surface area contributed by atoms with E-state index in [0.717, 1.165) is 28.7 Å². The Balaban J connectivity index is 1.59. The molecule has 1 aromatic heterocycles. The Morgan fingerprint density at radius 1 is 1.08 bits per heavy atom. The molecule has 0 spiro atoms. The zero-order valence-electron chi connectivity index (χ0n) is 14.2. The predicted octanol–water partition coefficient (Wildman–Crippen LogP) is 2.65. The zero-order valence-corrected chi connectivity index (χ0v) is 14.2. The van der Waals surface area contributed by atoms with Crippen LogP contribution in [-0.2, 0) is 17.8 Å². The number of benzene rings is 2. The second kappa shape index (κ2) is 6.69. The van der Waals surface area contributed by atoms with Crippen molar-refractivity contribution >= 4 is 16.8 Å². The van der Waals surface area contributed by atoms with Gasteiger partial charge in [-0.25, -0.2) is 4.68 Å². The smallest absolute Gasteiger partial charge is 0.221 e. The summed E-state index contributed by atoms with van der Waals surface area (Å²) < 4.78 is 1.87. The first kappa shape index (κ1) is 15.8. The number of hydrogen-bond acceptors (Lipinski definition) is 3. The van der Waals surface area contributed by atoms with Crippen LogP contribution in [0.1, 0.15) is 24.0 Å². The Bertz CT molecular complexity index is 892. The van der Waals surface area contributed by atoms with E-state index in [1.54, 1.807) is 0 Å². The number of amides is 1. The largest absolute Gasteiger partial charge is 0.369 e. The number of nitrogens with zero attached hydrogens (tertiary/aromatic N) is 3. The highest BCUT2D eigenvalue weighted by Crippen LogP contribution is 2.21. The first-order chi connectivity index (χ1) is 12.2. The van der Waals surface area contributed by atoms with Crippen molar-refractivity contribution in [3.05, 3.63) is 59.8 Å². The summed E-state index contributed by atoms with van der Waals surface area (Å²) in [6.45, 7) is 3.42. The quantitative estimate of drug-likeness (QED) is 0.780. The standard InChI is InChI=1S/C20H22N4O/c21-19(25)12-16-4-3-5-17-14-24(22-20(16)17)18-8-6-15(7-9-18)13-23-10-1-2-11-23/h3-9,14H,1-2,10-13H2,(H2,21,25). The topological polar surface area (TPSA) is 64.2 Å². The minimum atomic E-state index is -0.340. The number of likely N-dealkylation sites (tertiary alicyclic amines) is 1. The summed E-state index contributed by atoms with van der Waals surface area (Å²) >= 11 is 0. The maximum absolute atomic E-state index is 11.3. The van der Waals surface area contributed by atoms with Gasteiger partial charge in [0, 0.05) is 18.1 Å². The summed E-state index contributed by atoms with van der Waals surface area (Å²) in [5.74, 6) is -0.340. The van der Waals surface area contributed by atoms with Crippen LogP contribution in [0.2, 0.25) is 0 Å². The van der Waals surface area contributed by atoms with Crippen LogP contribution in [0.5, 0.6) is 0 Å². The third-order valence-corrected chi connectivity index (χ3v) is 4.79. The summed E-state index contributed by atoms with van der Waals surface area (Å²) in [7, 11) is 0. The molecule has 0 bridgehead atoms. The summed E-state index contributed by atoms with van der Waals surface area (Å²) in [6, 6.07) is 14.4. The highest BCUT2D eigenvalue weighted by molar-refractivity contribution is 5.87. The van der Waals surface area contributed by atoms with Gasteiger partial charge in [0.1, 0.15) is 0 Å². The maximum atomic E-state index is 11.3. The van der Waals surface area contributed by atoms with E-state index in [0.29, 0.717) is 0 Å². The molecule has 4 rings (SSSR count). The van der Waals surface area contributed by atoms with Gasteiger partial charge < -0.3 is 5.73 Å². The fourth-order valence-electron chi connectivity index (χ4n) is 3.52. The number of carbonyl (C=O) groups is 1. The van der Waals surface area contributed by atoms with Gasteiger partial charge in [-0.15, -0.1) is 0 Å². The van der Waals surface area contributed by atoms with Gasteiger partial charge in [-0.1, -0.05) is 30.3 Å². The molecule has 25 heavy (non-hydrogen) atoms. The van der Waals surface area contributed by atoms with Gasteiger partial charge in [0.25, 0.3) is 0 Å². The van der Waals surface area contributed by atoms with Gasteiger partial charge >= 0.3 is 0 Å². The van der Waals surface area contributed by atoms with Gasteiger partial charge in [0.15, 0.2) is 0 Å². The number of primary amides is 1. The molecular weight excluding hydrogens is 312 g/mol. The molecule has 5 heteroatoms. The van der Waals surface area contributed by atoms with Crippen molar-refractivity contribution in [2.45, 2.75) is 25.8 Å². The monoisotopic (exact) mass is 334 g/mol. The van der Waals surface area contributed by atoms with Crippen molar-refractivity contribution < 1.29 is 4.79 Å². The van der Waals surface area contributed by atoms with E-state index in [-0.39, 0.29) is 12.3 Å². The maximum Gasteiger partial charge on any atom is 0.221 e. The van der Waals surface area contributed by atoms with E-state index >= 15 is 0 Å². The lowest BCUT2D eigenvalue weighted by Crippen LogP contribution is -2.18. The summed E-state index contributed by atoms with van der Waals surface area (Å²) in [5.41, 5.74) is 9.40. The third-order valence-electron chi connectivity index (χ3n) is 4.79. The minimum Gasteiger partial charge on any atom is -0.369 e. The molecule has 2 heterocycles. The number of rotatable bonds is 5. The van der Waals surface area contributed by atoms with E-state index in [1.165, 1.54) is 31.5 Å². The molecule has 0 radical (unpaired) electrons.